The zero-order valence-electron chi connectivity index (χ0n) is 21.8. The molecule has 2 unspecified atom stereocenters. The van der Waals surface area contributed by atoms with E-state index in [1.165, 1.54) is 22.3 Å². The first kappa shape index (κ1) is 26.9. The minimum absolute atomic E-state index is 0. The van der Waals surface area contributed by atoms with Crippen molar-refractivity contribution in [1.29, 1.82) is 0 Å². The molecule has 37 heavy (non-hydrogen) atoms. The number of hydrogen-bond acceptors (Lipinski definition) is 0. The third-order valence-electron chi connectivity index (χ3n) is 8.49. The first-order valence-electron chi connectivity index (χ1n) is 13.0. The van der Waals surface area contributed by atoms with Crippen molar-refractivity contribution in [2.45, 2.75) is 37.7 Å². The van der Waals surface area contributed by atoms with E-state index in [1.54, 1.807) is 27.5 Å². The summed E-state index contributed by atoms with van der Waals surface area (Å²) in [6, 6.07) is 32.8. The van der Waals surface area contributed by atoms with E-state index >= 15 is 0 Å². The van der Waals surface area contributed by atoms with E-state index < -0.39 is 26.8 Å². The molecule has 0 bridgehead atoms. The summed E-state index contributed by atoms with van der Waals surface area (Å²) < 4.78 is 2.50. The zero-order valence-corrected chi connectivity index (χ0v) is 26.9. The number of hydrogen-bond donors (Lipinski definition) is 0. The Kier molecular flexibility index (Phi) is 7.12. The number of benzene rings is 4. The molecule has 4 aromatic carbocycles. The van der Waals surface area contributed by atoms with E-state index in [0.29, 0.717) is 3.63 Å². The van der Waals surface area contributed by atoms with Crippen molar-refractivity contribution >= 4 is 25.6 Å². The largest absolute Gasteiger partial charge is 1.00 e. The molecule has 0 N–H and O–H groups in total. The Labute approximate surface area is 242 Å². The Bertz CT molecular complexity index is 1530. The average Bonchev–Trinajstić information content (AvgIpc) is 3.39. The fourth-order valence-electron chi connectivity index (χ4n) is 6.95. The van der Waals surface area contributed by atoms with Crippen LogP contribution in [0.2, 0.25) is 0 Å². The molecular weight excluding hydrogens is 587 g/mol. The van der Waals surface area contributed by atoms with Crippen LogP contribution >= 0.6 is 0 Å². The van der Waals surface area contributed by atoms with Gasteiger partial charge in [0.2, 0.25) is 0 Å². The summed E-state index contributed by atoms with van der Waals surface area (Å²) in [5.41, 5.74) is 12.5. The van der Waals surface area contributed by atoms with Gasteiger partial charge in [-0.2, -0.15) is 0 Å². The van der Waals surface area contributed by atoms with Crippen LogP contribution in [0.25, 0.3) is 28.3 Å². The van der Waals surface area contributed by atoms with Gasteiger partial charge in [-0.25, -0.2) is 0 Å². The maximum atomic E-state index is 2.64. The van der Waals surface area contributed by atoms with Crippen LogP contribution in [0.15, 0.2) is 90.5 Å². The molecule has 4 heteroatoms. The summed E-state index contributed by atoms with van der Waals surface area (Å²) in [7, 11) is 0. The molecule has 0 aromatic heterocycles. The molecule has 185 valence electrons. The molecule has 7 rings (SSSR count). The Balaban J connectivity index is 0.00000140. The van der Waals surface area contributed by atoms with Gasteiger partial charge in [-0.05, 0) is 0 Å². The summed E-state index contributed by atoms with van der Waals surface area (Å²) >= 11 is -1.98. The van der Waals surface area contributed by atoms with Gasteiger partial charge in [0, 0.05) is 0 Å². The van der Waals surface area contributed by atoms with Crippen molar-refractivity contribution in [3.63, 3.8) is 0 Å². The van der Waals surface area contributed by atoms with Crippen molar-refractivity contribution in [3.8, 4) is 22.3 Å². The Hall–Kier alpha value is -1.70. The van der Waals surface area contributed by atoms with Crippen molar-refractivity contribution in [2.75, 3.05) is 0 Å². The Morgan fingerprint density at radius 2 is 1.49 bits per heavy atom. The maximum Gasteiger partial charge on any atom is -1.00 e. The van der Waals surface area contributed by atoms with Crippen LogP contribution in [0.5, 0.6) is 0 Å². The molecule has 2 heterocycles. The molecule has 4 aromatic rings. The second kappa shape index (κ2) is 9.80. The van der Waals surface area contributed by atoms with Gasteiger partial charge in [-0.3, -0.25) is 0 Å². The molecule has 2 aliphatic heterocycles. The number of aryl methyl sites for hydroxylation is 1. The zero-order chi connectivity index (χ0) is 23.9. The molecule has 1 aliphatic carbocycles. The van der Waals surface area contributed by atoms with E-state index in [9.17, 15) is 0 Å². The maximum absolute atomic E-state index is 2.64. The van der Waals surface area contributed by atoms with Gasteiger partial charge in [0.05, 0.1) is 0 Å². The van der Waals surface area contributed by atoms with Crippen molar-refractivity contribution in [2.24, 2.45) is 5.41 Å². The van der Waals surface area contributed by atoms with E-state index in [4.69, 9.17) is 0 Å². The molecule has 2 atom stereocenters. The average molecular weight is 618 g/mol. The third-order valence-corrected chi connectivity index (χ3v) is 30.6. The molecular formula is C33H31Cl2SiZr. The van der Waals surface area contributed by atoms with E-state index in [1.807, 2.05) is 8.46 Å². The first-order valence-corrected chi connectivity index (χ1v) is 21.7. The minimum atomic E-state index is -1.98. The molecule has 0 saturated heterocycles. The SMILES string of the molecule is CCc1ccc2c(c1-c1ccccc1)C=C(C(C)(C)C)[CH]2[Zr+2]1[c]2cccc3c2[SiH]1c1ccccc1-3.[Cl-].[Cl-]. The second-order valence-corrected chi connectivity index (χ2v) is 26.3. The van der Waals surface area contributed by atoms with Gasteiger partial charge in [0.1, 0.15) is 0 Å². The Morgan fingerprint density at radius 3 is 2.22 bits per heavy atom. The van der Waals surface area contributed by atoms with Gasteiger partial charge in [0.25, 0.3) is 0 Å². The molecule has 3 aliphatic rings. The van der Waals surface area contributed by atoms with Crippen molar-refractivity contribution in [1.82, 2.24) is 0 Å². The van der Waals surface area contributed by atoms with Crippen LogP contribution in [-0.4, -0.2) is 5.92 Å². The van der Waals surface area contributed by atoms with Crippen LogP contribution in [0, 0.1) is 5.41 Å². The standard InChI is InChI=1S/C21H23.C12H8Si.2ClH.Zr/c1-5-15-11-12-17-13-18(21(2,3)4)14-19(17)20(15)16-9-7-6-8-10-16;1-3-7-11-9(5-1)10-6-2-4-8-12(10)13-11;;;/h6-14H,5H2,1-4H3;1-7,13H;2*1H;/q;;;;+2/p-2. The molecule has 0 saturated carbocycles. The summed E-state index contributed by atoms with van der Waals surface area (Å²) in [5, 5.41) is 3.57. The summed E-state index contributed by atoms with van der Waals surface area (Å²) in [6.07, 6.45) is 3.72. The summed E-state index contributed by atoms with van der Waals surface area (Å²) in [6.45, 7) is 9.65. The summed E-state index contributed by atoms with van der Waals surface area (Å²) in [5.74, 6) is -1.07. The third kappa shape index (κ3) is 3.86. The normalized spacial score (nSPS) is 18.1. The monoisotopic (exact) mass is 615 g/mol. The van der Waals surface area contributed by atoms with Gasteiger partial charge >= 0.3 is 219 Å². The van der Waals surface area contributed by atoms with Crippen molar-refractivity contribution < 1.29 is 45.7 Å². The van der Waals surface area contributed by atoms with E-state index in [-0.39, 0.29) is 30.2 Å². The number of fused-ring (bicyclic) bond motifs is 4. The molecule has 0 radical (unpaired) electrons. The smallest absolute Gasteiger partial charge is 1.00 e. The number of rotatable bonds is 3. The second-order valence-electron chi connectivity index (χ2n) is 11.3. The Morgan fingerprint density at radius 1 is 0.784 bits per heavy atom. The number of allylic oxidation sites excluding steroid dienone is 1. The minimum Gasteiger partial charge on any atom is -1.00 e. The quantitative estimate of drug-likeness (QED) is 0.288. The molecule has 0 fully saturated rings. The van der Waals surface area contributed by atoms with E-state index in [0.717, 1.165) is 6.42 Å². The van der Waals surface area contributed by atoms with Gasteiger partial charge < -0.3 is 24.8 Å². The fourth-order valence-corrected chi connectivity index (χ4v) is 33.5. The molecule has 0 amide bonds. The summed E-state index contributed by atoms with van der Waals surface area (Å²) in [4.78, 5) is 0. The van der Waals surface area contributed by atoms with Crippen LogP contribution in [0.4, 0.5) is 0 Å². The predicted octanol–water partition coefficient (Wildman–Crippen LogP) is 0.184. The van der Waals surface area contributed by atoms with Gasteiger partial charge in [-0.15, -0.1) is 0 Å². The van der Waals surface area contributed by atoms with Crippen LogP contribution in [-0.2, 0) is 27.3 Å². The number of halogens is 2. The molecule has 0 nitrogen and oxygen atoms in total. The topological polar surface area (TPSA) is 0 Å². The van der Waals surface area contributed by atoms with Crippen LogP contribution < -0.4 is 38.5 Å². The van der Waals surface area contributed by atoms with E-state index in [2.05, 4.69) is 119 Å². The van der Waals surface area contributed by atoms with Crippen LogP contribution in [0.3, 0.4) is 0 Å². The van der Waals surface area contributed by atoms with Crippen molar-refractivity contribution in [3.05, 3.63) is 107 Å². The predicted molar refractivity (Wildman–Crippen MR) is 149 cm³/mol. The van der Waals surface area contributed by atoms with Gasteiger partial charge in [0.15, 0.2) is 0 Å². The van der Waals surface area contributed by atoms with Gasteiger partial charge in [-0.1, -0.05) is 0 Å². The molecule has 0 spiro atoms. The fraction of sp³-hybridized carbons (Fsp3) is 0.212. The first-order chi connectivity index (χ1) is 17.0. The van der Waals surface area contributed by atoms with Crippen LogP contribution in [0.1, 0.15) is 48.0 Å².